The van der Waals surface area contributed by atoms with E-state index in [-0.39, 0.29) is 30.8 Å². The molecule has 0 aliphatic carbocycles. The molecular weight excluding hydrogens is 352 g/mol. The fourth-order valence-corrected chi connectivity index (χ4v) is 4.04. The summed E-state index contributed by atoms with van der Waals surface area (Å²) in [7, 11) is 0. The number of benzene rings is 1. The van der Waals surface area contributed by atoms with Gasteiger partial charge in [0.2, 0.25) is 5.91 Å². The van der Waals surface area contributed by atoms with Crippen molar-refractivity contribution < 1.29 is 19.1 Å². The number of amides is 1. The lowest BCUT2D eigenvalue weighted by molar-refractivity contribution is -0.146. The summed E-state index contributed by atoms with van der Waals surface area (Å²) in [6.07, 6.45) is 1.99. The SMILES string of the molecule is CCOC(=O)CCC(=O)N1CCC(Oc2nc3c(C)cccc3s2)CC1. The van der Waals surface area contributed by atoms with E-state index in [0.29, 0.717) is 24.9 Å². The Morgan fingerprint density at radius 3 is 2.73 bits per heavy atom. The van der Waals surface area contributed by atoms with Gasteiger partial charge in [0.15, 0.2) is 0 Å². The number of hydrogen-bond donors (Lipinski definition) is 0. The molecule has 1 aromatic carbocycles. The molecule has 2 heterocycles. The van der Waals surface area contributed by atoms with Crippen LogP contribution in [0.4, 0.5) is 0 Å². The van der Waals surface area contributed by atoms with Gasteiger partial charge in [-0.05, 0) is 25.5 Å². The number of ether oxygens (including phenoxy) is 2. The van der Waals surface area contributed by atoms with Crippen molar-refractivity contribution >= 4 is 33.4 Å². The van der Waals surface area contributed by atoms with E-state index in [0.717, 1.165) is 28.6 Å². The van der Waals surface area contributed by atoms with E-state index in [1.807, 2.05) is 24.0 Å². The van der Waals surface area contributed by atoms with Gasteiger partial charge < -0.3 is 14.4 Å². The Bertz CT molecular complexity index is 781. The van der Waals surface area contributed by atoms with Crippen LogP contribution in [-0.4, -0.2) is 47.6 Å². The standard InChI is InChI=1S/C19H24N2O4S/c1-3-24-17(23)8-7-16(22)21-11-9-14(10-12-21)25-19-20-18-13(2)5-4-6-15(18)26-19/h4-6,14H,3,7-12H2,1-2H3. The summed E-state index contributed by atoms with van der Waals surface area (Å²) in [6.45, 7) is 5.46. The molecule has 140 valence electrons. The molecule has 0 atom stereocenters. The Morgan fingerprint density at radius 2 is 2.04 bits per heavy atom. The summed E-state index contributed by atoms with van der Waals surface area (Å²) in [5, 5.41) is 0.696. The Labute approximate surface area is 157 Å². The van der Waals surface area contributed by atoms with E-state index >= 15 is 0 Å². The maximum Gasteiger partial charge on any atom is 0.306 e. The van der Waals surface area contributed by atoms with Crippen LogP contribution in [0.3, 0.4) is 0 Å². The van der Waals surface area contributed by atoms with Crippen LogP contribution >= 0.6 is 11.3 Å². The molecular formula is C19H24N2O4S. The van der Waals surface area contributed by atoms with Gasteiger partial charge in [-0.1, -0.05) is 23.5 Å². The highest BCUT2D eigenvalue weighted by Gasteiger charge is 2.25. The van der Waals surface area contributed by atoms with Gasteiger partial charge in [0.05, 0.1) is 23.2 Å². The van der Waals surface area contributed by atoms with Gasteiger partial charge in [0, 0.05) is 32.4 Å². The monoisotopic (exact) mass is 376 g/mol. The normalized spacial score (nSPS) is 15.2. The molecule has 6 nitrogen and oxygen atoms in total. The molecule has 0 N–H and O–H groups in total. The van der Waals surface area contributed by atoms with Crippen LogP contribution in [0.15, 0.2) is 18.2 Å². The first kappa shape index (κ1) is 18.6. The Morgan fingerprint density at radius 1 is 1.27 bits per heavy atom. The number of rotatable bonds is 6. The topological polar surface area (TPSA) is 68.7 Å². The minimum atomic E-state index is -0.315. The molecule has 26 heavy (non-hydrogen) atoms. The number of hydrogen-bond acceptors (Lipinski definition) is 6. The van der Waals surface area contributed by atoms with Crippen molar-refractivity contribution in [2.45, 2.75) is 45.6 Å². The fourth-order valence-electron chi connectivity index (χ4n) is 3.08. The third-order valence-electron chi connectivity index (χ3n) is 4.51. The third kappa shape index (κ3) is 4.52. The maximum absolute atomic E-state index is 12.2. The quantitative estimate of drug-likeness (QED) is 0.724. The molecule has 2 aromatic rings. The third-order valence-corrected chi connectivity index (χ3v) is 5.42. The average Bonchev–Trinajstić information content (AvgIpc) is 3.04. The molecule has 1 fully saturated rings. The number of para-hydroxylation sites is 1. The Kier molecular flexibility index (Phi) is 6.08. The smallest absolute Gasteiger partial charge is 0.306 e. The number of piperidine rings is 1. The van der Waals surface area contributed by atoms with Gasteiger partial charge in [0.1, 0.15) is 6.10 Å². The zero-order valence-corrected chi connectivity index (χ0v) is 16.0. The Balaban J connectivity index is 1.48. The molecule has 0 spiro atoms. The molecule has 1 amide bonds. The zero-order chi connectivity index (χ0) is 18.5. The van der Waals surface area contributed by atoms with Crippen molar-refractivity contribution in [1.29, 1.82) is 0 Å². The minimum Gasteiger partial charge on any atom is -0.467 e. The van der Waals surface area contributed by atoms with E-state index in [2.05, 4.69) is 11.1 Å². The van der Waals surface area contributed by atoms with Crippen molar-refractivity contribution in [3.8, 4) is 5.19 Å². The molecule has 3 rings (SSSR count). The summed E-state index contributed by atoms with van der Waals surface area (Å²) in [4.78, 5) is 30.0. The molecule has 0 saturated carbocycles. The van der Waals surface area contributed by atoms with E-state index < -0.39 is 0 Å². The van der Waals surface area contributed by atoms with Crippen LogP contribution in [0.2, 0.25) is 0 Å². The summed E-state index contributed by atoms with van der Waals surface area (Å²) in [5.41, 5.74) is 2.15. The van der Waals surface area contributed by atoms with E-state index in [1.54, 1.807) is 18.3 Å². The highest BCUT2D eigenvalue weighted by atomic mass is 32.1. The second-order valence-corrected chi connectivity index (χ2v) is 7.40. The van der Waals surface area contributed by atoms with Gasteiger partial charge in [-0.15, -0.1) is 0 Å². The summed E-state index contributed by atoms with van der Waals surface area (Å²) in [6, 6.07) is 6.13. The predicted molar refractivity (Wildman–Crippen MR) is 100 cm³/mol. The molecule has 1 aliphatic heterocycles. The first-order valence-electron chi connectivity index (χ1n) is 9.03. The van der Waals surface area contributed by atoms with Gasteiger partial charge in [-0.3, -0.25) is 9.59 Å². The van der Waals surface area contributed by atoms with Crippen molar-refractivity contribution in [3.05, 3.63) is 23.8 Å². The highest BCUT2D eigenvalue weighted by molar-refractivity contribution is 7.20. The van der Waals surface area contributed by atoms with Crippen LogP contribution in [0.1, 0.15) is 38.2 Å². The number of thiazole rings is 1. The van der Waals surface area contributed by atoms with Crippen LogP contribution < -0.4 is 4.74 Å². The number of fused-ring (bicyclic) bond motifs is 1. The number of likely N-dealkylation sites (tertiary alicyclic amines) is 1. The molecule has 0 bridgehead atoms. The lowest BCUT2D eigenvalue weighted by Crippen LogP contribution is -2.41. The average molecular weight is 376 g/mol. The largest absolute Gasteiger partial charge is 0.467 e. The summed E-state index contributed by atoms with van der Waals surface area (Å²) < 4.78 is 12.0. The lowest BCUT2D eigenvalue weighted by Gasteiger charge is -2.31. The second kappa shape index (κ2) is 8.49. The minimum absolute atomic E-state index is 0.00659. The van der Waals surface area contributed by atoms with Crippen molar-refractivity contribution in [3.63, 3.8) is 0 Å². The lowest BCUT2D eigenvalue weighted by atomic mass is 10.1. The van der Waals surface area contributed by atoms with Crippen molar-refractivity contribution in [2.24, 2.45) is 0 Å². The number of esters is 1. The fraction of sp³-hybridized carbons (Fsp3) is 0.526. The van der Waals surface area contributed by atoms with E-state index in [1.165, 1.54) is 0 Å². The number of carbonyl (C=O) groups is 2. The van der Waals surface area contributed by atoms with Gasteiger partial charge in [0.25, 0.3) is 5.19 Å². The van der Waals surface area contributed by atoms with Gasteiger partial charge >= 0.3 is 5.97 Å². The number of aryl methyl sites for hydroxylation is 1. The first-order chi connectivity index (χ1) is 12.6. The van der Waals surface area contributed by atoms with Crippen LogP contribution in [0.25, 0.3) is 10.2 Å². The van der Waals surface area contributed by atoms with Crippen molar-refractivity contribution in [1.82, 2.24) is 9.88 Å². The summed E-state index contributed by atoms with van der Waals surface area (Å²) >= 11 is 1.56. The van der Waals surface area contributed by atoms with Crippen LogP contribution in [-0.2, 0) is 14.3 Å². The van der Waals surface area contributed by atoms with Crippen molar-refractivity contribution in [2.75, 3.05) is 19.7 Å². The highest BCUT2D eigenvalue weighted by Crippen LogP contribution is 2.31. The van der Waals surface area contributed by atoms with Gasteiger partial charge in [-0.25, -0.2) is 4.98 Å². The molecule has 0 radical (unpaired) electrons. The van der Waals surface area contributed by atoms with E-state index in [9.17, 15) is 9.59 Å². The van der Waals surface area contributed by atoms with Crippen LogP contribution in [0.5, 0.6) is 5.19 Å². The summed E-state index contributed by atoms with van der Waals surface area (Å²) in [5.74, 6) is -0.308. The van der Waals surface area contributed by atoms with Gasteiger partial charge in [-0.2, -0.15) is 0 Å². The maximum atomic E-state index is 12.2. The zero-order valence-electron chi connectivity index (χ0n) is 15.2. The number of carbonyl (C=O) groups excluding carboxylic acids is 2. The van der Waals surface area contributed by atoms with Crippen LogP contribution in [0, 0.1) is 6.92 Å². The molecule has 0 unspecified atom stereocenters. The second-order valence-electron chi connectivity index (χ2n) is 6.40. The number of aromatic nitrogens is 1. The Hall–Kier alpha value is -2.15. The first-order valence-corrected chi connectivity index (χ1v) is 9.84. The molecule has 1 aliphatic rings. The molecule has 1 saturated heterocycles. The molecule has 7 heteroatoms. The van der Waals surface area contributed by atoms with E-state index in [4.69, 9.17) is 9.47 Å². The molecule has 1 aromatic heterocycles. The number of nitrogens with zero attached hydrogens (tertiary/aromatic N) is 2. The predicted octanol–water partition coefficient (Wildman–Crippen LogP) is 3.32.